The van der Waals surface area contributed by atoms with E-state index in [-0.39, 0.29) is 23.1 Å². The summed E-state index contributed by atoms with van der Waals surface area (Å²) < 4.78 is 0. The van der Waals surface area contributed by atoms with Gasteiger partial charge in [0.15, 0.2) is 0 Å². The second-order valence-corrected chi connectivity index (χ2v) is 6.61. The van der Waals surface area contributed by atoms with Crippen LogP contribution in [-0.4, -0.2) is 63.0 Å². The number of rotatable bonds is 3. The Morgan fingerprint density at radius 1 is 1.12 bits per heavy atom. The number of carbonyl (C=O) groups excluding carboxylic acids is 2. The maximum atomic E-state index is 12.6. The van der Waals surface area contributed by atoms with Gasteiger partial charge in [0.2, 0.25) is 5.91 Å². The Morgan fingerprint density at radius 2 is 1.85 bits per heavy atom. The van der Waals surface area contributed by atoms with E-state index in [1.807, 2.05) is 24.8 Å². The number of aryl methyl sites for hydroxylation is 2. The van der Waals surface area contributed by atoms with Crippen LogP contribution in [0.5, 0.6) is 0 Å². The molecule has 2 N–H and O–H groups in total. The van der Waals surface area contributed by atoms with Crippen LogP contribution in [0, 0.1) is 13.8 Å². The maximum absolute atomic E-state index is 12.6. The smallest absolute Gasteiger partial charge is 0.274 e. The third kappa shape index (κ3) is 4.01. The zero-order valence-electron chi connectivity index (χ0n) is 15.0. The fourth-order valence-electron chi connectivity index (χ4n) is 3.24. The van der Waals surface area contributed by atoms with Crippen molar-refractivity contribution in [3.8, 4) is 0 Å². The molecule has 8 heteroatoms. The zero-order chi connectivity index (χ0) is 18.7. The number of hydrogen-bond acceptors (Lipinski definition) is 4. The first-order valence-corrected chi connectivity index (χ1v) is 8.72. The zero-order valence-corrected chi connectivity index (χ0v) is 15.0. The minimum atomic E-state index is -0.343. The lowest BCUT2D eigenvalue weighted by Crippen LogP contribution is -2.38. The Kier molecular flexibility index (Phi) is 5.20. The van der Waals surface area contributed by atoms with Crippen molar-refractivity contribution in [3.63, 3.8) is 0 Å². The molecule has 0 aromatic carbocycles. The van der Waals surface area contributed by atoms with Gasteiger partial charge in [0.05, 0.1) is 6.42 Å². The van der Waals surface area contributed by atoms with E-state index in [1.54, 1.807) is 4.90 Å². The van der Waals surface area contributed by atoms with Crippen LogP contribution in [0.3, 0.4) is 0 Å². The molecule has 0 spiro atoms. The summed E-state index contributed by atoms with van der Waals surface area (Å²) in [6, 6.07) is 4.71. The summed E-state index contributed by atoms with van der Waals surface area (Å²) in [4.78, 5) is 42.9. The Bertz CT molecular complexity index is 849. The predicted octanol–water partition coefficient (Wildman–Crippen LogP) is 0.632. The lowest BCUT2D eigenvalue weighted by Gasteiger charge is -2.22. The van der Waals surface area contributed by atoms with E-state index in [2.05, 4.69) is 15.2 Å². The average Bonchev–Trinajstić information content (AvgIpc) is 2.81. The molecule has 1 saturated heterocycles. The van der Waals surface area contributed by atoms with E-state index in [9.17, 15) is 14.4 Å². The molecule has 2 amide bonds. The number of nitrogens with zero attached hydrogens (tertiary/aromatic N) is 3. The summed E-state index contributed by atoms with van der Waals surface area (Å²) in [6.45, 7) is 6.08. The normalized spacial score (nSPS) is 15.0. The van der Waals surface area contributed by atoms with E-state index in [1.165, 1.54) is 12.1 Å². The number of H-pyrrole nitrogens is 2. The molecule has 0 unspecified atom stereocenters. The molecule has 2 aromatic rings. The van der Waals surface area contributed by atoms with Crippen molar-refractivity contribution >= 4 is 11.8 Å². The number of amides is 2. The second-order valence-electron chi connectivity index (χ2n) is 6.61. The fraction of sp³-hybridized carbons (Fsp3) is 0.444. The van der Waals surface area contributed by atoms with Crippen molar-refractivity contribution in [2.24, 2.45) is 0 Å². The second kappa shape index (κ2) is 7.55. The Morgan fingerprint density at radius 3 is 2.50 bits per heavy atom. The minimum absolute atomic E-state index is 0.0727. The summed E-state index contributed by atoms with van der Waals surface area (Å²) in [6.07, 6.45) is 1.08. The standard InChI is InChI=1S/C18H23N5O3/c1-12-10-14(13(2)19-12)11-17(25)22-6-3-7-23(9-8-22)18(26)15-4-5-16(24)21-20-15/h4-5,10,19H,3,6-9,11H2,1-2H3,(H,21,24). The van der Waals surface area contributed by atoms with E-state index in [0.717, 1.165) is 17.0 Å². The molecule has 0 aliphatic carbocycles. The van der Waals surface area contributed by atoms with Crippen LogP contribution in [0.15, 0.2) is 23.0 Å². The van der Waals surface area contributed by atoms with E-state index >= 15 is 0 Å². The van der Waals surface area contributed by atoms with Gasteiger partial charge in [0.1, 0.15) is 5.69 Å². The first kappa shape index (κ1) is 17.9. The van der Waals surface area contributed by atoms with Crippen molar-refractivity contribution < 1.29 is 9.59 Å². The lowest BCUT2D eigenvalue weighted by atomic mass is 10.1. The van der Waals surface area contributed by atoms with Gasteiger partial charge in [0.25, 0.3) is 11.5 Å². The predicted molar refractivity (Wildman–Crippen MR) is 95.9 cm³/mol. The molecule has 0 saturated carbocycles. The Labute approximate surface area is 151 Å². The SMILES string of the molecule is Cc1cc(CC(=O)N2CCCN(C(=O)c3ccc(=O)[nH]n3)CC2)c(C)[nH]1. The molecule has 1 fully saturated rings. The monoisotopic (exact) mass is 357 g/mol. The van der Waals surface area contributed by atoms with Crippen molar-refractivity contribution in [2.75, 3.05) is 26.2 Å². The van der Waals surface area contributed by atoms with Gasteiger partial charge in [-0.2, -0.15) is 5.10 Å². The number of nitrogens with one attached hydrogen (secondary N) is 2. The van der Waals surface area contributed by atoms with Gasteiger partial charge < -0.3 is 14.8 Å². The highest BCUT2D eigenvalue weighted by molar-refractivity contribution is 5.92. The van der Waals surface area contributed by atoms with Crippen LogP contribution in [0.1, 0.15) is 33.9 Å². The minimum Gasteiger partial charge on any atom is -0.362 e. The first-order chi connectivity index (χ1) is 12.4. The summed E-state index contributed by atoms with van der Waals surface area (Å²) in [5.41, 5.74) is 2.95. The summed E-state index contributed by atoms with van der Waals surface area (Å²) in [5, 5.41) is 6.07. The van der Waals surface area contributed by atoms with E-state index < -0.39 is 0 Å². The highest BCUT2D eigenvalue weighted by Gasteiger charge is 2.24. The largest absolute Gasteiger partial charge is 0.362 e. The molecule has 3 heterocycles. The van der Waals surface area contributed by atoms with Gasteiger partial charge in [-0.25, -0.2) is 5.10 Å². The quantitative estimate of drug-likeness (QED) is 0.841. The number of aromatic amines is 2. The summed E-state index contributed by atoms with van der Waals surface area (Å²) >= 11 is 0. The number of carbonyl (C=O) groups is 2. The van der Waals surface area contributed by atoms with Crippen LogP contribution in [-0.2, 0) is 11.2 Å². The molecule has 1 aliphatic rings. The molecule has 0 atom stereocenters. The van der Waals surface area contributed by atoms with Gasteiger partial charge in [-0.05, 0) is 38.0 Å². The van der Waals surface area contributed by atoms with Crippen molar-refractivity contribution in [2.45, 2.75) is 26.7 Å². The average molecular weight is 357 g/mol. The van der Waals surface area contributed by atoms with Crippen LogP contribution >= 0.6 is 0 Å². The summed E-state index contributed by atoms with van der Waals surface area (Å²) in [7, 11) is 0. The molecule has 2 aromatic heterocycles. The van der Waals surface area contributed by atoms with Gasteiger partial charge in [-0.15, -0.1) is 0 Å². The molecule has 0 bridgehead atoms. The van der Waals surface area contributed by atoms with Crippen LogP contribution in [0.2, 0.25) is 0 Å². The molecule has 1 aliphatic heterocycles. The van der Waals surface area contributed by atoms with Gasteiger partial charge in [-0.3, -0.25) is 14.4 Å². The van der Waals surface area contributed by atoms with Gasteiger partial charge >= 0.3 is 0 Å². The highest BCUT2D eigenvalue weighted by atomic mass is 16.2. The fourth-order valence-corrected chi connectivity index (χ4v) is 3.24. The third-order valence-corrected chi connectivity index (χ3v) is 4.63. The van der Waals surface area contributed by atoms with Crippen LogP contribution in [0.25, 0.3) is 0 Å². The lowest BCUT2D eigenvalue weighted by molar-refractivity contribution is -0.130. The van der Waals surface area contributed by atoms with Crippen LogP contribution < -0.4 is 5.56 Å². The molecule has 26 heavy (non-hydrogen) atoms. The molecular weight excluding hydrogens is 334 g/mol. The van der Waals surface area contributed by atoms with E-state index in [0.29, 0.717) is 39.0 Å². The molecule has 8 nitrogen and oxygen atoms in total. The molecule has 0 radical (unpaired) electrons. The Hall–Kier alpha value is -2.90. The van der Waals surface area contributed by atoms with Crippen molar-refractivity contribution in [3.05, 3.63) is 51.2 Å². The van der Waals surface area contributed by atoms with Crippen molar-refractivity contribution in [1.82, 2.24) is 25.0 Å². The molecular formula is C18H23N5O3. The first-order valence-electron chi connectivity index (χ1n) is 8.72. The molecule has 138 valence electrons. The third-order valence-electron chi connectivity index (χ3n) is 4.63. The maximum Gasteiger partial charge on any atom is 0.274 e. The number of aromatic nitrogens is 3. The highest BCUT2D eigenvalue weighted by Crippen LogP contribution is 2.13. The van der Waals surface area contributed by atoms with Gasteiger partial charge in [0, 0.05) is 43.6 Å². The topological polar surface area (TPSA) is 102 Å². The molecule has 3 rings (SSSR count). The Balaban J connectivity index is 1.61. The summed E-state index contributed by atoms with van der Waals surface area (Å²) in [5.74, 6) is -0.156. The van der Waals surface area contributed by atoms with Crippen LogP contribution in [0.4, 0.5) is 0 Å². The van der Waals surface area contributed by atoms with Crippen molar-refractivity contribution in [1.29, 1.82) is 0 Å². The van der Waals surface area contributed by atoms with E-state index in [4.69, 9.17) is 0 Å². The van der Waals surface area contributed by atoms with Gasteiger partial charge in [-0.1, -0.05) is 0 Å². The number of hydrogen-bond donors (Lipinski definition) is 2.